The Morgan fingerprint density at radius 3 is 2.89 bits per heavy atom. The number of carbonyl (C=O) groups excluding carboxylic acids is 1. The van der Waals surface area contributed by atoms with Gasteiger partial charge in [0, 0.05) is 30.9 Å². The van der Waals surface area contributed by atoms with Crippen LogP contribution in [0.25, 0.3) is 0 Å². The highest BCUT2D eigenvalue weighted by atomic mass is 16.2. The first kappa shape index (κ1) is 14.1. The highest BCUT2D eigenvalue weighted by Crippen LogP contribution is 2.27. The average molecular weight is 264 g/mol. The topological polar surface area (TPSA) is 59.0 Å². The van der Waals surface area contributed by atoms with E-state index in [-0.39, 0.29) is 11.3 Å². The fourth-order valence-electron chi connectivity index (χ4n) is 2.46. The molecule has 0 radical (unpaired) electrons. The van der Waals surface area contributed by atoms with Gasteiger partial charge in [-0.05, 0) is 38.8 Å². The molecule has 1 saturated heterocycles. The Morgan fingerprint density at radius 1 is 1.42 bits per heavy atom. The van der Waals surface area contributed by atoms with Crippen LogP contribution in [0.4, 0.5) is 0 Å². The van der Waals surface area contributed by atoms with Gasteiger partial charge < -0.3 is 15.2 Å². The van der Waals surface area contributed by atoms with Crippen molar-refractivity contribution in [3.8, 4) is 0 Å². The molecular weight excluding hydrogens is 240 g/mol. The maximum Gasteiger partial charge on any atom is 0.226 e. The summed E-state index contributed by atoms with van der Waals surface area (Å²) < 4.78 is 2.07. The van der Waals surface area contributed by atoms with Gasteiger partial charge in [-0.1, -0.05) is 6.92 Å². The minimum absolute atomic E-state index is 0.171. The molecule has 0 aromatic carbocycles. The second-order valence-electron chi connectivity index (χ2n) is 5.57. The lowest BCUT2D eigenvalue weighted by atomic mass is 9.80. The van der Waals surface area contributed by atoms with Gasteiger partial charge in [-0.3, -0.25) is 4.79 Å². The molecule has 1 fully saturated rings. The van der Waals surface area contributed by atoms with Crippen LogP contribution in [0.3, 0.4) is 0 Å². The highest BCUT2D eigenvalue weighted by molar-refractivity contribution is 5.82. The molecule has 5 heteroatoms. The first-order chi connectivity index (χ1) is 9.21. The van der Waals surface area contributed by atoms with Crippen LogP contribution in [0.15, 0.2) is 18.7 Å². The first-order valence-corrected chi connectivity index (χ1v) is 7.15. The van der Waals surface area contributed by atoms with Crippen molar-refractivity contribution in [1.82, 2.24) is 20.2 Å². The number of rotatable bonds is 6. The van der Waals surface area contributed by atoms with E-state index in [1.165, 1.54) is 0 Å². The number of amides is 1. The van der Waals surface area contributed by atoms with E-state index in [2.05, 4.69) is 27.1 Å². The summed E-state index contributed by atoms with van der Waals surface area (Å²) in [7, 11) is 0. The Labute approximate surface area is 114 Å². The van der Waals surface area contributed by atoms with Gasteiger partial charge in [-0.2, -0.15) is 0 Å². The molecule has 106 valence electrons. The summed E-state index contributed by atoms with van der Waals surface area (Å²) in [6.07, 6.45) is 9.54. The van der Waals surface area contributed by atoms with Crippen molar-refractivity contribution in [1.29, 1.82) is 0 Å². The van der Waals surface area contributed by atoms with Crippen molar-refractivity contribution < 1.29 is 4.79 Å². The number of hydrogen-bond acceptors (Lipinski definition) is 3. The van der Waals surface area contributed by atoms with Gasteiger partial charge in [0.05, 0.1) is 6.33 Å². The van der Waals surface area contributed by atoms with Gasteiger partial charge in [0.15, 0.2) is 0 Å². The zero-order valence-corrected chi connectivity index (χ0v) is 11.7. The second-order valence-corrected chi connectivity index (χ2v) is 5.57. The van der Waals surface area contributed by atoms with Crippen LogP contribution in [0.1, 0.15) is 32.6 Å². The van der Waals surface area contributed by atoms with Crippen LogP contribution in [0, 0.1) is 5.41 Å². The molecule has 2 heterocycles. The lowest BCUT2D eigenvalue weighted by molar-refractivity contribution is -0.131. The van der Waals surface area contributed by atoms with Crippen LogP contribution in [-0.2, 0) is 11.3 Å². The summed E-state index contributed by atoms with van der Waals surface area (Å²) in [4.78, 5) is 16.2. The van der Waals surface area contributed by atoms with E-state index in [1.54, 1.807) is 6.20 Å². The van der Waals surface area contributed by atoms with Gasteiger partial charge in [0.1, 0.15) is 0 Å². The molecule has 0 saturated carbocycles. The van der Waals surface area contributed by atoms with E-state index in [1.807, 2.05) is 12.5 Å². The lowest BCUT2D eigenvalue weighted by Gasteiger charge is -2.32. The quantitative estimate of drug-likeness (QED) is 0.758. The number of nitrogens with one attached hydrogen (secondary N) is 2. The molecule has 1 amide bonds. The average Bonchev–Trinajstić information content (AvgIpc) is 2.92. The van der Waals surface area contributed by atoms with Crippen LogP contribution >= 0.6 is 0 Å². The molecule has 2 N–H and O–H groups in total. The molecule has 1 aromatic heterocycles. The molecule has 0 bridgehead atoms. The standard InChI is InChI=1S/C14H24N4O/c1-14(4-7-15-8-5-14)13(19)17-6-2-3-10-18-11-9-16-12-18/h9,11-12,15H,2-8,10H2,1H3,(H,17,19). The van der Waals surface area contributed by atoms with Gasteiger partial charge in [0.2, 0.25) is 5.91 Å². The van der Waals surface area contributed by atoms with E-state index in [9.17, 15) is 4.79 Å². The fraction of sp³-hybridized carbons (Fsp3) is 0.714. The first-order valence-electron chi connectivity index (χ1n) is 7.15. The van der Waals surface area contributed by atoms with Crippen LogP contribution in [0.2, 0.25) is 0 Å². The molecular formula is C14H24N4O. The molecule has 19 heavy (non-hydrogen) atoms. The van der Waals surface area contributed by atoms with E-state index < -0.39 is 0 Å². The largest absolute Gasteiger partial charge is 0.356 e. The molecule has 0 atom stereocenters. The lowest BCUT2D eigenvalue weighted by Crippen LogP contribution is -2.46. The minimum Gasteiger partial charge on any atom is -0.356 e. The van der Waals surface area contributed by atoms with Crippen LogP contribution in [-0.4, -0.2) is 35.1 Å². The number of piperidine rings is 1. The Balaban J connectivity index is 1.61. The highest BCUT2D eigenvalue weighted by Gasteiger charge is 2.33. The fourth-order valence-corrected chi connectivity index (χ4v) is 2.46. The monoisotopic (exact) mass is 264 g/mol. The van der Waals surface area contributed by atoms with Gasteiger partial charge in [0.25, 0.3) is 0 Å². The van der Waals surface area contributed by atoms with Crippen molar-refractivity contribution in [2.24, 2.45) is 5.41 Å². The van der Waals surface area contributed by atoms with Gasteiger partial charge >= 0.3 is 0 Å². The Bertz CT molecular complexity index is 382. The normalized spacial score (nSPS) is 18.2. The van der Waals surface area contributed by atoms with Crippen molar-refractivity contribution >= 4 is 5.91 Å². The molecule has 1 aromatic rings. The Hall–Kier alpha value is -1.36. The summed E-state index contributed by atoms with van der Waals surface area (Å²) in [5.74, 6) is 0.219. The van der Waals surface area contributed by atoms with Gasteiger partial charge in [-0.25, -0.2) is 4.98 Å². The van der Waals surface area contributed by atoms with Crippen molar-refractivity contribution in [3.05, 3.63) is 18.7 Å². The zero-order valence-electron chi connectivity index (χ0n) is 11.7. The molecule has 1 aliphatic rings. The summed E-state index contributed by atoms with van der Waals surface area (Å²) in [5.41, 5.74) is -0.171. The molecule has 0 spiro atoms. The third-order valence-electron chi connectivity index (χ3n) is 3.94. The SMILES string of the molecule is CC1(C(=O)NCCCCn2ccnc2)CCNCC1. The molecule has 0 unspecified atom stereocenters. The number of unbranched alkanes of at least 4 members (excludes halogenated alkanes) is 1. The Kier molecular flexibility index (Phi) is 4.96. The van der Waals surface area contributed by atoms with E-state index >= 15 is 0 Å². The van der Waals surface area contributed by atoms with E-state index in [4.69, 9.17) is 0 Å². The Morgan fingerprint density at radius 2 is 2.21 bits per heavy atom. The minimum atomic E-state index is -0.171. The number of aryl methyl sites for hydroxylation is 1. The maximum atomic E-state index is 12.2. The van der Waals surface area contributed by atoms with Crippen molar-refractivity contribution in [2.75, 3.05) is 19.6 Å². The van der Waals surface area contributed by atoms with E-state index in [0.29, 0.717) is 0 Å². The third kappa shape index (κ3) is 4.06. The van der Waals surface area contributed by atoms with Gasteiger partial charge in [-0.15, -0.1) is 0 Å². The molecule has 5 nitrogen and oxygen atoms in total. The smallest absolute Gasteiger partial charge is 0.226 e. The molecule has 1 aliphatic heterocycles. The predicted molar refractivity (Wildman–Crippen MR) is 74.7 cm³/mol. The second kappa shape index (κ2) is 6.70. The summed E-state index contributed by atoms with van der Waals surface area (Å²) >= 11 is 0. The maximum absolute atomic E-state index is 12.2. The predicted octanol–water partition coefficient (Wildman–Crippen LogP) is 1.17. The van der Waals surface area contributed by atoms with E-state index in [0.717, 1.165) is 51.9 Å². The van der Waals surface area contributed by atoms with Crippen molar-refractivity contribution in [2.45, 2.75) is 39.2 Å². The summed E-state index contributed by atoms with van der Waals surface area (Å²) in [5, 5.41) is 6.38. The molecule has 0 aliphatic carbocycles. The van der Waals surface area contributed by atoms with Crippen LogP contribution < -0.4 is 10.6 Å². The van der Waals surface area contributed by atoms with Crippen LogP contribution in [0.5, 0.6) is 0 Å². The number of aromatic nitrogens is 2. The molecule has 2 rings (SSSR count). The number of hydrogen-bond donors (Lipinski definition) is 2. The summed E-state index contributed by atoms with van der Waals surface area (Å²) in [6.45, 7) is 5.72. The zero-order chi connectivity index (χ0) is 13.6. The summed E-state index contributed by atoms with van der Waals surface area (Å²) in [6, 6.07) is 0. The number of carbonyl (C=O) groups is 1. The number of imidazole rings is 1. The third-order valence-corrected chi connectivity index (χ3v) is 3.94. The van der Waals surface area contributed by atoms with Crippen molar-refractivity contribution in [3.63, 3.8) is 0 Å². The number of nitrogens with zero attached hydrogens (tertiary/aromatic N) is 2.